The summed E-state index contributed by atoms with van der Waals surface area (Å²) in [6.45, 7) is 4.86. The zero-order valence-electron chi connectivity index (χ0n) is 11.1. The molecular weight excluding hydrogens is 309 g/mol. The molecule has 0 aromatic heterocycles. The number of benzene rings is 1. The quantitative estimate of drug-likeness (QED) is 0.747. The highest BCUT2D eigenvalue weighted by Gasteiger charge is 2.20. The fraction of sp³-hybridized carbons (Fsp3) is 0.400. The number of nitrogens with one attached hydrogen (secondary N) is 2. The number of primary sulfonamides is 1. The molecule has 7 nitrogen and oxygen atoms in total. The van der Waals surface area contributed by atoms with Crippen LogP contribution in [-0.2, 0) is 20.2 Å². The van der Waals surface area contributed by atoms with Crippen molar-refractivity contribution in [3.63, 3.8) is 0 Å². The summed E-state index contributed by atoms with van der Waals surface area (Å²) in [6, 6.07) is 2.47. The molecule has 0 aliphatic heterocycles. The van der Waals surface area contributed by atoms with Gasteiger partial charge in [-0.05, 0) is 39.0 Å². The van der Waals surface area contributed by atoms with Gasteiger partial charge in [-0.15, -0.1) is 0 Å². The minimum Gasteiger partial charge on any atom is -0.271 e. The minimum atomic E-state index is -4.13. The van der Waals surface area contributed by atoms with Gasteiger partial charge in [0, 0.05) is 5.54 Å². The smallest absolute Gasteiger partial charge is 0.271 e. The van der Waals surface area contributed by atoms with Gasteiger partial charge in [0.1, 0.15) is 5.82 Å². The lowest BCUT2D eigenvalue weighted by Gasteiger charge is -2.21. The molecule has 0 saturated carbocycles. The van der Waals surface area contributed by atoms with E-state index < -0.39 is 36.5 Å². The van der Waals surface area contributed by atoms with Gasteiger partial charge in [-0.3, -0.25) is 4.72 Å². The molecule has 0 amide bonds. The van der Waals surface area contributed by atoms with E-state index in [2.05, 4.69) is 4.72 Å². The monoisotopic (exact) mass is 325 g/mol. The van der Waals surface area contributed by atoms with Gasteiger partial charge in [0.25, 0.3) is 10.2 Å². The first kappa shape index (κ1) is 16.8. The Bertz CT molecular complexity index is 709. The summed E-state index contributed by atoms with van der Waals surface area (Å²) < 4.78 is 63.4. The lowest BCUT2D eigenvalue weighted by atomic mass is 10.1. The maximum absolute atomic E-state index is 13.3. The predicted octanol–water partition coefficient (Wildman–Crippen LogP) is 0.518. The molecular formula is C10H16FN3O4S2. The standard InChI is InChI=1S/C10H16FN3O4S2/c1-10(2,3)14-20(17,18)13-8-4-7(11)5-9(6-8)19(12,15)16/h4-6,13-14H,1-3H3,(H2,12,15,16). The van der Waals surface area contributed by atoms with Crippen molar-refractivity contribution in [2.75, 3.05) is 4.72 Å². The number of sulfonamides is 1. The van der Waals surface area contributed by atoms with Crippen LogP contribution >= 0.6 is 0 Å². The predicted molar refractivity (Wildman–Crippen MR) is 73.2 cm³/mol. The van der Waals surface area contributed by atoms with Gasteiger partial charge in [-0.25, -0.2) is 17.9 Å². The highest BCUT2D eigenvalue weighted by atomic mass is 32.2. The largest absolute Gasteiger partial charge is 0.299 e. The van der Waals surface area contributed by atoms with Crippen LogP contribution in [0.5, 0.6) is 0 Å². The molecule has 0 heterocycles. The van der Waals surface area contributed by atoms with E-state index in [1.807, 2.05) is 4.72 Å². The molecule has 0 aliphatic rings. The molecule has 10 heteroatoms. The number of hydrogen-bond donors (Lipinski definition) is 3. The third kappa shape index (κ3) is 5.41. The molecule has 1 aromatic carbocycles. The molecule has 0 aliphatic carbocycles. The maximum atomic E-state index is 13.3. The van der Waals surface area contributed by atoms with Gasteiger partial charge in [0.05, 0.1) is 10.6 Å². The molecule has 0 spiro atoms. The van der Waals surface area contributed by atoms with E-state index in [9.17, 15) is 21.2 Å². The lowest BCUT2D eigenvalue weighted by Crippen LogP contribution is -2.43. The van der Waals surface area contributed by atoms with Crippen LogP contribution in [0.25, 0.3) is 0 Å². The van der Waals surface area contributed by atoms with Crippen LogP contribution in [0, 0.1) is 5.82 Å². The van der Waals surface area contributed by atoms with E-state index in [1.165, 1.54) is 0 Å². The Morgan fingerprint density at radius 2 is 1.65 bits per heavy atom. The van der Waals surface area contributed by atoms with E-state index in [-0.39, 0.29) is 5.69 Å². The highest BCUT2D eigenvalue weighted by Crippen LogP contribution is 2.18. The van der Waals surface area contributed by atoms with Crippen LogP contribution in [-0.4, -0.2) is 22.4 Å². The molecule has 114 valence electrons. The first-order valence-electron chi connectivity index (χ1n) is 5.44. The SMILES string of the molecule is CC(C)(C)NS(=O)(=O)Nc1cc(F)cc(S(N)(=O)=O)c1. The second-order valence-corrected chi connectivity index (χ2v) is 8.15. The fourth-order valence-electron chi connectivity index (χ4n) is 1.37. The number of nitrogens with two attached hydrogens (primary N) is 1. The minimum absolute atomic E-state index is 0.245. The van der Waals surface area contributed by atoms with Crippen molar-refractivity contribution in [3.8, 4) is 0 Å². The van der Waals surface area contributed by atoms with Gasteiger partial charge < -0.3 is 0 Å². The van der Waals surface area contributed by atoms with Crippen molar-refractivity contribution in [1.29, 1.82) is 0 Å². The molecule has 0 fully saturated rings. The van der Waals surface area contributed by atoms with E-state index in [1.54, 1.807) is 20.8 Å². The molecule has 4 N–H and O–H groups in total. The third-order valence-corrected chi connectivity index (χ3v) is 4.17. The van der Waals surface area contributed by atoms with Crippen LogP contribution in [0.15, 0.2) is 23.1 Å². The first-order chi connectivity index (χ1) is 8.78. The normalized spacial score (nSPS) is 13.2. The van der Waals surface area contributed by atoms with E-state index in [0.29, 0.717) is 6.07 Å². The Morgan fingerprint density at radius 3 is 2.10 bits per heavy atom. The van der Waals surface area contributed by atoms with Crippen molar-refractivity contribution in [2.24, 2.45) is 5.14 Å². The molecule has 0 radical (unpaired) electrons. The Kier molecular flexibility index (Phi) is 4.44. The Morgan fingerprint density at radius 1 is 1.10 bits per heavy atom. The first-order valence-corrected chi connectivity index (χ1v) is 8.47. The summed E-state index contributed by atoms with van der Waals surface area (Å²) in [4.78, 5) is -0.522. The third-order valence-electron chi connectivity index (χ3n) is 1.89. The number of anilines is 1. The number of hydrogen-bond acceptors (Lipinski definition) is 4. The summed E-state index contributed by atoms with van der Waals surface area (Å²) in [6.07, 6.45) is 0. The van der Waals surface area contributed by atoms with Crippen molar-refractivity contribution in [2.45, 2.75) is 31.2 Å². The van der Waals surface area contributed by atoms with Crippen molar-refractivity contribution in [3.05, 3.63) is 24.0 Å². The highest BCUT2D eigenvalue weighted by molar-refractivity contribution is 7.90. The molecule has 20 heavy (non-hydrogen) atoms. The Hall–Kier alpha value is -1.23. The fourth-order valence-corrected chi connectivity index (χ4v) is 3.22. The lowest BCUT2D eigenvalue weighted by molar-refractivity contribution is 0.494. The summed E-state index contributed by atoms with van der Waals surface area (Å²) in [5.41, 5.74) is -0.993. The average molecular weight is 325 g/mol. The van der Waals surface area contributed by atoms with E-state index in [0.717, 1.165) is 12.1 Å². The Labute approximate surface area is 117 Å². The van der Waals surface area contributed by atoms with Crippen molar-refractivity contribution in [1.82, 2.24) is 4.72 Å². The van der Waals surface area contributed by atoms with Crippen LogP contribution < -0.4 is 14.6 Å². The average Bonchev–Trinajstić information content (AvgIpc) is 2.09. The van der Waals surface area contributed by atoms with Crippen LogP contribution in [0.3, 0.4) is 0 Å². The molecule has 1 rings (SSSR count). The summed E-state index contributed by atoms with van der Waals surface area (Å²) in [7, 11) is -8.11. The van der Waals surface area contributed by atoms with Crippen molar-refractivity contribution >= 4 is 25.9 Å². The number of halogens is 1. The second-order valence-electron chi connectivity index (χ2n) is 5.18. The van der Waals surface area contributed by atoms with Crippen LogP contribution in [0.2, 0.25) is 0 Å². The summed E-state index contributed by atoms with van der Waals surface area (Å²) in [5, 5.41) is 4.87. The molecule has 0 unspecified atom stereocenters. The zero-order chi connectivity index (χ0) is 15.8. The van der Waals surface area contributed by atoms with Crippen LogP contribution in [0.1, 0.15) is 20.8 Å². The summed E-state index contributed by atoms with van der Waals surface area (Å²) in [5.74, 6) is -0.926. The molecule has 0 atom stereocenters. The van der Waals surface area contributed by atoms with Gasteiger partial charge in [-0.1, -0.05) is 0 Å². The molecule has 0 saturated heterocycles. The van der Waals surface area contributed by atoms with Gasteiger partial charge in [0.2, 0.25) is 10.0 Å². The maximum Gasteiger partial charge on any atom is 0.299 e. The Balaban J connectivity index is 3.14. The second kappa shape index (κ2) is 5.28. The summed E-state index contributed by atoms with van der Waals surface area (Å²) >= 11 is 0. The van der Waals surface area contributed by atoms with Crippen molar-refractivity contribution < 1.29 is 21.2 Å². The molecule has 0 bridgehead atoms. The van der Waals surface area contributed by atoms with Gasteiger partial charge in [-0.2, -0.15) is 13.1 Å². The molecule has 1 aromatic rings. The van der Waals surface area contributed by atoms with Gasteiger partial charge >= 0.3 is 0 Å². The zero-order valence-corrected chi connectivity index (χ0v) is 12.8. The van der Waals surface area contributed by atoms with E-state index >= 15 is 0 Å². The van der Waals surface area contributed by atoms with E-state index in [4.69, 9.17) is 5.14 Å². The number of rotatable bonds is 4. The topological polar surface area (TPSA) is 118 Å². The van der Waals surface area contributed by atoms with Crippen LogP contribution in [0.4, 0.5) is 10.1 Å². The van der Waals surface area contributed by atoms with Gasteiger partial charge in [0.15, 0.2) is 0 Å².